The summed E-state index contributed by atoms with van der Waals surface area (Å²) in [5.74, 6) is -0.513. The van der Waals surface area contributed by atoms with E-state index in [1.165, 1.54) is 6.07 Å². The highest BCUT2D eigenvalue weighted by atomic mass is 35.5. The highest BCUT2D eigenvalue weighted by Crippen LogP contribution is 2.27. The first-order chi connectivity index (χ1) is 9.08. The molecular formula is C13H7Cl2FN2S. The smallest absolute Gasteiger partial charge is 0.182 e. The molecule has 0 radical (unpaired) electrons. The monoisotopic (exact) mass is 312 g/mol. The second-order valence-corrected chi connectivity index (χ2v) is 5.23. The van der Waals surface area contributed by atoms with Crippen molar-refractivity contribution in [3.05, 3.63) is 57.0 Å². The standard InChI is InChI=1S/C13H7Cl2FN2S/c14-7-4-5-9-11(6-7)18(13(19)17-9)10-3-1-2-8(15)12(10)16/h1-6H,(H,17,19). The zero-order chi connectivity index (χ0) is 13.6. The number of halogens is 3. The molecule has 96 valence electrons. The molecule has 1 N–H and O–H groups in total. The molecule has 19 heavy (non-hydrogen) atoms. The molecule has 0 unspecified atom stereocenters. The maximum absolute atomic E-state index is 14.1. The molecule has 3 rings (SSSR count). The van der Waals surface area contributed by atoms with Gasteiger partial charge in [0, 0.05) is 5.02 Å². The highest BCUT2D eigenvalue weighted by molar-refractivity contribution is 7.71. The van der Waals surface area contributed by atoms with Crippen LogP contribution in [0.3, 0.4) is 0 Å². The summed E-state index contributed by atoms with van der Waals surface area (Å²) in [6.45, 7) is 0. The van der Waals surface area contributed by atoms with E-state index < -0.39 is 5.82 Å². The lowest BCUT2D eigenvalue weighted by atomic mass is 10.2. The van der Waals surface area contributed by atoms with Gasteiger partial charge in [0.1, 0.15) is 0 Å². The van der Waals surface area contributed by atoms with Crippen LogP contribution in [0.2, 0.25) is 10.0 Å². The van der Waals surface area contributed by atoms with Gasteiger partial charge >= 0.3 is 0 Å². The SMILES string of the molecule is Fc1c(Cl)cccc1-n1c(=S)[nH]c2ccc(Cl)cc21. The van der Waals surface area contributed by atoms with Gasteiger partial charge in [0.25, 0.3) is 0 Å². The van der Waals surface area contributed by atoms with Gasteiger partial charge in [-0.3, -0.25) is 4.57 Å². The topological polar surface area (TPSA) is 20.7 Å². The number of hydrogen-bond donors (Lipinski definition) is 1. The second kappa shape index (κ2) is 4.63. The van der Waals surface area contributed by atoms with Crippen LogP contribution >= 0.6 is 35.4 Å². The van der Waals surface area contributed by atoms with E-state index in [-0.39, 0.29) is 5.02 Å². The average molecular weight is 313 g/mol. The van der Waals surface area contributed by atoms with E-state index in [2.05, 4.69) is 4.98 Å². The van der Waals surface area contributed by atoms with Crippen molar-refractivity contribution in [3.63, 3.8) is 0 Å². The minimum Gasteiger partial charge on any atom is -0.330 e. The van der Waals surface area contributed by atoms with Crippen LogP contribution < -0.4 is 0 Å². The van der Waals surface area contributed by atoms with Crippen molar-refractivity contribution < 1.29 is 4.39 Å². The van der Waals surface area contributed by atoms with Gasteiger partial charge in [-0.1, -0.05) is 29.3 Å². The molecule has 0 amide bonds. The number of aromatic nitrogens is 2. The summed E-state index contributed by atoms with van der Waals surface area (Å²) in [7, 11) is 0. The quantitative estimate of drug-likeness (QED) is 0.617. The van der Waals surface area contributed by atoms with Gasteiger partial charge in [-0.2, -0.15) is 0 Å². The Morgan fingerprint density at radius 3 is 2.74 bits per heavy atom. The Morgan fingerprint density at radius 2 is 1.95 bits per heavy atom. The Labute approximate surface area is 123 Å². The van der Waals surface area contributed by atoms with Crippen molar-refractivity contribution in [1.82, 2.24) is 9.55 Å². The molecule has 0 aliphatic rings. The lowest BCUT2D eigenvalue weighted by molar-refractivity contribution is 0.619. The molecule has 3 aromatic rings. The highest BCUT2D eigenvalue weighted by Gasteiger charge is 2.13. The molecule has 0 atom stereocenters. The maximum Gasteiger partial charge on any atom is 0.182 e. The van der Waals surface area contributed by atoms with Gasteiger partial charge in [0.05, 0.1) is 21.7 Å². The van der Waals surface area contributed by atoms with Gasteiger partial charge in [0.2, 0.25) is 0 Å². The van der Waals surface area contributed by atoms with E-state index in [0.717, 1.165) is 5.52 Å². The minimum atomic E-state index is -0.513. The first-order valence-electron chi connectivity index (χ1n) is 5.42. The molecule has 1 aromatic heterocycles. The van der Waals surface area contributed by atoms with Crippen LogP contribution in [0.15, 0.2) is 36.4 Å². The molecule has 0 bridgehead atoms. The van der Waals surface area contributed by atoms with Crippen molar-refractivity contribution >= 4 is 46.5 Å². The molecule has 2 nitrogen and oxygen atoms in total. The van der Waals surface area contributed by atoms with Gasteiger partial charge in [-0.15, -0.1) is 0 Å². The molecule has 2 aromatic carbocycles. The molecule has 1 heterocycles. The molecule has 0 fully saturated rings. The number of benzene rings is 2. The third-order valence-corrected chi connectivity index (χ3v) is 3.63. The molecule has 0 aliphatic heterocycles. The first kappa shape index (κ1) is 12.7. The van der Waals surface area contributed by atoms with Crippen molar-refractivity contribution in [2.75, 3.05) is 0 Å². The molecule has 0 aliphatic carbocycles. The third-order valence-electron chi connectivity index (χ3n) is 2.82. The van der Waals surface area contributed by atoms with Gasteiger partial charge < -0.3 is 4.98 Å². The van der Waals surface area contributed by atoms with Crippen LogP contribution in [0.25, 0.3) is 16.7 Å². The third kappa shape index (κ3) is 2.06. The number of nitrogens with one attached hydrogen (secondary N) is 1. The van der Waals surface area contributed by atoms with Gasteiger partial charge in [0.15, 0.2) is 10.6 Å². The molecule has 0 saturated carbocycles. The molecular weight excluding hydrogens is 306 g/mol. The number of nitrogens with zero attached hydrogens (tertiary/aromatic N) is 1. The van der Waals surface area contributed by atoms with Crippen molar-refractivity contribution in [3.8, 4) is 5.69 Å². The largest absolute Gasteiger partial charge is 0.330 e. The summed E-state index contributed by atoms with van der Waals surface area (Å²) in [5, 5.41) is 0.605. The molecule has 0 saturated heterocycles. The Hall–Kier alpha value is -1.36. The van der Waals surface area contributed by atoms with Crippen LogP contribution in [0.5, 0.6) is 0 Å². The Kier molecular flexibility index (Phi) is 3.09. The van der Waals surface area contributed by atoms with E-state index in [1.807, 2.05) is 0 Å². The lowest BCUT2D eigenvalue weighted by Gasteiger charge is -2.07. The number of fused-ring (bicyclic) bond motifs is 1. The first-order valence-corrected chi connectivity index (χ1v) is 6.59. The number of imidazole rings is 1. The Bertz CT molecular complexity index is 838. The van der Waals surface area contributed by atoms with Crippen LogP contribution in [0.4, 0.5) is 4.39 Å². The molecule has 0 spiro atoms. The van der Waals surface area contributed by atoms with E-state index in [4.69, 9.17) is 35.4 Å². The van der Waals surface area contributed by atoms with Gasteiger partial charge in [-0.05, 0) is 42.5 Å². The summed E-state index contributed by atoms with van der Waals surface area (Å²) >= 11 is 17.0. The predicted octanol–water partition coefficient (Wildman–Crippen LogP) is 5.13. The summed E-state index contributed by atoms with van der Waals surface area (Å²) in [6.07, 6.45) is 0. The summed E-state index contributed by atoms with van der Waals surface area (Å²) in [4.78, 5) is 3.01. The van der Waals surface area contributed by atoms with Crippen molar-refractivity contribution in [2.45, 2.75) is 0 Å². The number of aromatic amines is 1. The zero-order valence-corrected chi connectivity index (χ0v) is 11.8. The fraction of sp³-hybridized carbons (Fsp3) is 0. The lowest BCUT2D eigenvalue weighted by Crippen LogP contribution is -1.98. The summed E-state index contributed by atoms with van der Waals surface area (Å²) < 4.78 is 16.1. The summed E-state index contributed by atoms with van der Waals surface area (Å²) in [5.41, 5.74) is 1.79. The maximum atomic E-state index is 14.1. The Morgan fingerprint density at radius 1 is 1.16 bits per heavy atom. The molecule has 6 heteroatoms. The number of hydrogen-bond acceptors (Lipinski definition) is 1. The second-order valence-electron chi connectivity index (χ2n) is 4.00. The minimum absolute atomic E-state index is 0.0516. The normalized spacial score (nSPS) is 11.1. The van der Waals surface area contributed by atoms with E-state index in [0.29, 0.717) is 21.0 Å². The van der Waals surface area contributed by atoms with Gasteiger partial charge in [-0.25, -0.2) is 4.39 Å². The van der Waals surface area contributed by atoms with E-state index in [9.17, 15) is 4.39 Å². The van der Waals surface area contributed by atoms with Crippen molar-refractivity contribution in [1.29, 1.82) is 0 Å². The van der Waals surface area contributed by atoms with E-state index in [1.54, 1.807) is 34.9 Å². The van der Waals surface area contributed by atoms with E-state index >= 15 is 0 Å². The number of rotatable bonds is 1. The Balaban J connectivity index is 2.42. The van der Waals surface area contributed by atoms with Crippen LogP contribution in [0.1, 0.15) is 0 Å². The van der Waals surface area contributed by atoms with Crippen LogP contribution in [-0.4, -0.2) is 9.55 Å². The fourth-order valence-electron chi connectivity index (χ4n) is 1.98. The predicted molar refractivity (Wildman–Crippen MR) is 78.4 cm³/mol. The summed E-state index contributed by atoms with van der Waals surface area (Å²) in [6, 6.07) is 10.0. The van der Waals surface area contributed by atoms with Crippen LogP contribution in [0, 0.1) is 10.6 Å². The van der Waals surface area contributed by atoms with Crippen molar-refractivity contribution in [2.24, 2.45) is 0 Å². The zero-order valence-electron chi connectivity index (χ0n) is 9.45. The average Bonchev–Trinajstić information content (AvgIpc) is 2.69. The number of H-pyrrole nitrogens is 1. The fourth-order valence-corrected chi connectivity index (χ4v) is 2.62. The van der Waals surface area contributed by atoms with Crippen LogP contribution in [-0.2, 0) is 0 Å².